The van der Waals surface area contributed by atoms with Crippen molar-refractivity contribution in [2.45, 2.75) is 19.4 Å². The van der Waals surface area contributed by atoms with Gasteiger partial charge >= 0.3 is 0 Å². The summed E-state index contributed by atoms with van der Waals surface area (Å²) in [5, 5.41) is 6.20. The van der Waals surface area contributed by atoms with E-state index in [1.807, 2.05) is 25.1 Å². The predicted molar refractivity (Wildman–Crippen MR) is 113 cm³/mol. The highest BCUT2D eigenvalue weighted by Gasteiger charge is 2.04. The molecule has 9 heteroatoms. The highest BCUT2D eigenvalue weighted by Crippen LogP contribution is 2.15. The lowest BCUT2D eigenvalue weighted by molar-refractivity contribution is 0.0646. The van der Waals surface area contributed by atoms with Gasteiger partial charge in [-0.05, 0) is 18.9 Å². The van der Waals surface area contributed by atoms with Crippen molar-refractivity contribution in [1.82, 2.24) is 15.4 Å². The van der Waals surface area contributed by atoms with Gasteiger partial charge in [0.1, 0.15) is 0 Å². The third kappa shape index (κ3) is 12.1. The van der Waals surface area contributed by atoms with Crippen LogP contribution in [-0.4, -0.2) is 53.9 Å². The van der Waals surface area contributed by atoms with E-state index in [0.717, 1.165) is 19.2 Å². The third-order valence-electron chi connectivity index (χ3n) is 3.26. The second-order valence-corrected chi connectivity index (χ2v) is 7.20. The largest absolute Gasteiger partial charge is 0.374 e. The van der Waals surface area contributed by atoms with Crippen LogP contribution >= 0.6 is 24.0 Å². The molecule has 0 aliphatic carbocycles. The van der Waals surface area contributed by atoms with Crippen molar-refractivity contribution in [3.05, 3.63) is 35.9 Å². The number of nitrogens with one attached hydrogen (secondary N) is 3. The minimum Gasteiger partial charge on any atom is -0.374 e. The lowest BCUT2D eigenvalue weighted by Crippen LogP contribution is -2.41. The molecule has 0 saturated carbocycles. The molecular weight excluding hydrogens is 455 g/mol. The van der Waals surface area contributed by atoms with Gasteiger partial charge < -0.3 is 15.4 Å². The first-order valence-corrected chi connectivity index (χ1v) is 9.87. The van der Waals surface area contributed by atoms with E-state index < -0.39 is 10.0 Å². The molecule has 0 spiro atoms. The summed E-state index contributed by atoms with van der Waals surface area (Å²) in [5.41, 5.74) is 1.17. The average Bonchev–Trinajstić information content (AvgIpc) is 2.56. The molecule has 1 aromatic rings. The van der Waals surface area contributed by atoms with Crippen molar-refractivity contribution < 1.29 is 13.2 Å². The lowest BCUT2D eigenvalue weighted by atomic mass is 10.1. The Morgan fingerprint density at radius 2 is 1.80 bits per heavy atom. The molecule has 0 amide bonds. The van der Waals surface area contributed by atoms with Gasteiger partial charge in [-0.1, -0.05) is 30.3 Å². The lowest BCUT2D eigenvalue weighted by Gasteiger charge is -2.15. The van der Waals surface area contributed by atoms with E-state index in [4.69, 9.17) is 4.74 Å². The van der Waals surface area contributed by atoms with Gasteiger partial charge in [-0.3, -0.25) is 4.99 Å². The van der Waals surface area contributed by atoms with Crippen LogP contribution in [0.2, 0.25) is 0 Å². The molecule has 0 aliphatic heterocycles. The normalized spacial score (nSPS) is 13.0. The maximum Gasteiger partial charge on any atom is 0.208 e. The molecule has 1 rings (SSSR count). The van der Waals surface area contributed by atoms with Crippen LogP contribution in [0.3, 0.4) is 0 Å². The molecule has 144 valence electrons. The van der Waals surface area contributed by atoms with Crippen molar-refractivity contribution in [2.24, 2.45) is 4.99 Å². The Bertz CT molecular complexity index is 597. The monoisotopic (exact) mass is 484 g/mol. The zero-order chi connectivity index (χ0) is 17.8. The Balaban J connectivity index is 0.00000576. The zero-order valence-corrected chi connectivity index (χ0v) is 18.1. The Hall–Kier alpha value is -0.910. The Kier molecular flexibility index (Phi) is 12.8. The number of sulfonamides is 1. The number of hydrogen-bond donors (Lipinski definition) is 3. The average molecular weight is 484 g/mol. The quantitative estimate of drug-likeness (QED) is 0.203. The topological polar surface area (TPSA) is 91.8 Å². The molecular formula is C16H29IN4O3S. The summed E-state index contributed by atoms with van der Waals surface area (Å²) in [4.78, 5) is 4.08. The predicted octanol–water partition coefficient (Wildman–Crippen LogP) is 1.49. The Morgan fingerprint density at radius 3 is 2.40 bits per heavy atom. The van der Waals surface area contributed by atoms with Gasteiger partial charge in [0.25, 0.3) is 0 Å². The van der Waals surface area contributed by atoms with Gasteiger partial charge in [0.05, 0.1) is 12.4 Å². The Labute approximate surface area is 168 Å². The second kappa shape index (κ2) is 13.3. The van der Waals surface area contributed by atoms with Crippen molar-refractivity contribution in [3.63, 3.8) is 0 Å². The summed E-state index contributed by atoms with van der Waals surface area (Å²) in [5.74, 6) is 0.640. The number of nitrogens with zero attached hydrogens (tertiary/aromatic N) is 1. The smallest absolute Gasteiger partial charge is 0.208 e. The molecule has 7 nitrogen and oxygen atoms in total. The number of halogens is 1. The molecule has 3 N–H and O–H groups in total. The summed E-state index contributed by atoms with van der Waals surface area (Å²) >= 11 is 0. The maximum atomic E-state index is 10.9. The molecule has 0 aliphatic rings. The van der Waals surface area contributed by atoms with Crippen molar-refractivity contribution in [3.8, 4) is 0 Å². The molecule has 0 heterocycles. The third-order valence-corrected chi connectivity index (χ3v) is 3.98. The number of aliphatic imine (C=N–C) groups is 1. The molecule has 25 heavy (non-hydrogen) atoms. The molecule has 0 saturated heterocycles. The molecule has 0 radical (unpaired) electrons. The first kappa shape index (κ1) is 24.1. The summed E-state index contributed by atoms with van der Waals surface area (Å²) in [6.07, 6.45) is 2.06. The SMILES string of the molecule is CN=C(NCCCOC(C)c1ccccc1)NCCNS(C)(=O)=O.I. The van der Waals surface area contributed by atoms with E-state index in [-0.39, 0.29) is 30.1 Å². The van der Waals surface area contributed by atoms with Gasteiger partial charge in [0.15, 0.2) is 5.96 Å². The first-order valence-electron chi connectivity index (χ1n) is 7.98. The number of rotatable bonds is 10. The molecule has 0 bridgehead atoms. The van der Waals surface area contributed by atoms with Crippen molar-refractivity contribution in [1.29, 1.82) is 0 Å². The van der Waals surface area contributed by atoms with Crippen molar-refractivity contribution >= 4 is 40.0 Å². The molecule has 0 fully saturated rings. The second-order valence-electron chi connectivity index (χ2n) is 5.37. The van der Waals surface area contributed by atoms with E-state index in [1.54, 1.807) is 7.05 Å². The molecule has 1 atom stereocenters. The fourth-order valence-corrected chi connectivity index (χ4v) is 2.47. The highest BCUT2D eigenvalue weighted by molar-refractivity contribution is 14.0. The van der Waals surface area contributed by atoms with Crippen molar-refractivity contribution in [2.75, 3.05) is 39.5 Å². The van der Waals surface area contributed by atoms with E-state index in [0.29, 0.717) is 25.7 Å². The van der Waals surface area contributed by atoms with E-state index >= 15 is 0 Å². The zero-order valence-electron chi connectivity index (χ0n) is 15.0. The van der Waals surface area contributed by atoms with Crippen LogP contribution in [0.1, 0.15) is 25.0 Å². The van der Waals surface area contributed by atoms with Gasteiger partial charge in [0, 0.05) is 33.3 Å². The van der Waals surface area contributed by atoms with Crippen LogP contribution < -0.4 is 15.4 Å². The van der Waals surface area contributed by atoms with E-state index in [2.05, 4.69) is 32.5 Å². The van der Waals surface area contributed by atoms with Crippen LogP contribution in [-0.2, 0) is 14.8 Å². The fourth-order valence-electron chi connectivity index (χ4n) is 2.00. The van der Waals surface area contributed by atoms with E-state index in [9.17, 15) is 8.42 Å². The van der Waals surface area contributed by atoms with Gasteiger partial charge in [-0.25, -0.2) is 13.1 Å². The standard InChI is InChI=1S/C16H28N4O3S.HI/c1-14(15-8-5-4-6-9-15)23-13-7-10-18-16(17-2)19-11-12-20-24(3,21)22;/h4-6,8-9,14,20H,7,10-13H2,1-3H3,(H2,17,18,19);1H. The fraction of sp³-hybridized carbons (Fsp3) is 0.562. The highest BCUT2D eigenvalue weighted by atomic mass is 127. The molecule has 1 aromatic carbocycles. The van der Waals surface area contributed by atoms with Crippen LogP contribution in [0.5, 0.6) is 0 Å². The number of ether oxygens (including phenoxy) is 1. The van der Waals surface area contributed by atoms with Crippen LogP contribution in [0.15, 0.2) is 35.3 Å². The van der Waals surface area contributed by atoms with Gasteiger partial charge in [-0.2, -0.15) is 0 Å². The summed E-state index contributed by atoms with van der Waals surface area (Å²) in [7, 11) is -1.48. The van der Waals surface area contributed by atoms with E-state index in [1.165, 1.54) is 5.56 Å². The Morgan fingerprint density at radius 1 is 1.16 bits per heavy atom. The summed E-state index contributed by atoms with van der Waals surface area (Å²) < 4.78 is 30.1. The van der Waals surface area contributed by atoms with Gasteiger partial charge in [-0.15, -0.1) is 24.0 Å². The first-order chi connectivity index (χ1) is 11.4. The molecule has 1 unspecified atom stereocenters. The number of benzene rings is 1. The van der Waals surface area contributed by atoms with Crippen LogP contribution in [0.25, 0.3) is 0 Å². The minimum atomic E-state index is -3.15. The van der Waals surface area contributed by atoms with Crippen LogP contribution in [0.4, 0.5) is 0 Å². The number of guanidine groups is 1. The number of hydrogen-bond acceptors (Lipinski definition) is 4. The van der Waals surface area contributed by atoms with Gasteiger partial charge in [0.2, 0.25) is 10.0 Å². The minimum absolute atomic E-state index is 0. The maximum absolute atomic E-state index is 10.9. The van der Waals surface area contributed by atoms with Crippen LogP contribution in [0, 0.1) is 0 Å². The summed E-state index contributed by atoms with van der Waals surface area (Å²) in [6, 6.07) is 10.1. The molecule has 0 aromatic heterocycles. The summed E-state index contributed by atoms with van der Waals surface area (Å²) in [6.45, 7) is 4.19.